The van der Waals surface area contributed by atoms with E-state index in [1.165, 1.54) is 13.1 Å². The van der Waals surface area contributed by atoms with Gasteiger partial charge in [-0.3, -0.25) is 4.79 Å². The standard InChI is InChI=1S/C21H17ClN2O4/c1-14(20(25)24-19-12-11-15(22)13-23-19)27-21(26)17-9-5-6-10-18(17)28-16-7-3-2-4-8-16/h2-14H,1H3,(H,23,24,25)/t14-/m0/s1. The second-order valence-corrected chi connectivity index (χ2v) is 6.25. The number of para-hydroxylation sites is 2. The summed E-state index contributed by atoms with van der Waals surface area (Å²) < 4.78 is 11.0. The summed E-state index contributed by atoms with van der Waals surface area (Å²) in [6.07, 6.45) is 0.375. The van der Waals surface area contributed by atoms with Crippen molar-refractivity contribution < 1.29 is 19.1 Å². The number of anilines is 1. The van der Waals surface area contributed by atoms with Gasteiger partial charge in [0.25, 0.3) is 5.91 Å². The van der Waals surface area contributed by atoms with E-state index in [0.29, 0.717) is 22.3 Å². The molecule has 6 nitrogen and oxygen atoms in total. The van der Waals surface area contributed by atoms with Gasteiger partial charge in [0.1, 0.15) is 22.9 Å². The molecule has 0 aliphatic carbocycles. The Morgan fingerprint density at radius 1 is 1.00 bits per heavy atom. The van der Waals surface area contributed by atoms with Crippen molar-refractivity contribution in [1.29, 1.82) is 0 Å². The summed E-state index contributed by atoms with van der Waals surface area (Å²) in [5.74, 6) is 0.0565. The average Bonchev–Trinajstić information content (AvgIpc) is 2.70. The predicted molar refractivity (Wildman–Crippen MR) is 106 cm³/mol. The molecule has 0 unspecified atom stereocenters. The minimum Gasteiger partial charge on any atom is -0.456 e. The Kier molecular flexibility index (Phi) is 6.24. The summed E-state index contributed by atoms with van der Waals surface area (Å²) in [6, 6.07) is 18.9. The zero-order chi connectivity index (χ0) is 19.9. The van der Waals surface area contributed by atoms with Crippen molar-refractivity contribution in [2.24, 2.45) is 0 Å². The first-order valence-electron chi connectivity index (χ1n) is 8.48. The van der Waals surface area contributed by atoms with Crippen LogP contribution in [0.3, 0.4) is 0 Å². The zero-order valence-electron chi connectivity index (χ0n) is 15.0. The third-order valence-electron chi connectivity index (χ3n) is 3.71. The van der Waals surface area contributed by atoms with Gasteiger partial charge in [-0.2, -0.15) is 0 Å². The molecule has 28 heavy (non-hydrogen) atoms. The first-order chi connectivity index (χ1) is 13.5. The lowest BCUT2D eigenvalue weighted by Gasteiger charge is -2.15. The quantitative estimate of drug-likeness (QED) is 0.610. The maximum atomic E-state index is 12.6. The number of nitrogens with one attached hydrogen (secondary N) is 1. The normalized spacial score (nSPS) is 11.4. The van der Waals surface area contributed by atoms with Crippen LogP contribution in [0.4, 0.5) is 5.82 Å². The number of pyridine rings is 1. The lowest BCUT2D eigenvalue weighted by molar-refractivity contribution is -0.123. The molecule has 1 N–H and O–H groups in total. The van der Waals surface area contributed by atoms with E-state index in [1.807, 2.05) is 18.2 Å². The van der Waals surface area contributed by atoms with Gasteiger partial charge in [0, 0.05) is 6.20 Å². The molecule has 142 valence electrons. The van der Waals surface area contributed by atoms with Gasteiger partial charge in [0.15, 0.2) is 6.10 Å². The second-order valence-electron chi connectivity index (χ2n) is 5.81. The fraction of sp³-hybridized carbons (Fsp3) is 0.0952. The molecule has 0 bridgehead atoms. The number of benzene rings is 2. The molecule has 0 fully saturated rings. The average molecular weight is 397 g/mol. The summed E-state index contributed by atoms with van der Waals surface area (Å²) in [5.41, 5.74) is 0.218. The number of amides is 1. The van der Waals surface area contributed by atoms with Gasteiger partial charge < -0.3 is 14.8 Å². The van der Waals surface area contributed by atoms with E-state index >= 15 is 0 Å². The maximum absolute atomic E-state index is 12.6. The first kappa shape index (κ1) is 19.4. The highest BCUT2D eigenvalue weighted by Gasteiger charge is 2.22. The molecule has 3 rings (SSSR count). The van der Waals surface area contributed by atoms with E-state index in [4.69, 9.17) is 21.1 Å². The van der Waals surface area contributed by atoms with Crippen LogP contribution in [0.15, 0.2) is 72.9 Å². The van der Waals surface area contributed by atoms with Crippen LogP contribution in [0.25, 0.3) is 0 Å². The van der Waals surface area contributed by atoms with Crippen LogP contribution in [0.5, 0.6) is 11.5 Å². The minimum atomic E-state index is -1.03. The Hall–Kier alpha value is -3.38. The molecular weight excluding hydrogens is 380 g/mol. The van der Waals surface area contributed by atoms with Crippen LogP contribution in [0, 0.1) is 0 Å². The number of ether oxygens (including phenoxy) is 2. The first-order valence-corrected chi connectivity index (χ1v) is 8.86. The number of rotatable bonds is 6. The molecule has 2 aromatic carbocycles. The minimum absolute atomic E-state index is 0.218. The van der Waals surface area contributed by atoms with Crippen LogP contribution in [0.1, 0.15) is 17.3 Å². The fourth-order valence-corrected chi connectivity index (χ4v) is 2.41. The van der Waals surface area contributed by atoms with Gasteiger partial charge in [-0.15, -0.1) is 0 Å². The number of carbonyl (C=O) groups is 2. The van der Waals surface area contributed by atoms with Gasteiger partial charge in [-0.25, -0.2) is 9.78 Å². The molecule has 0 saturated carbocycles. The third kappa shape index (κ3) is 5.08. The Bertz CT molecular complexity index is 962. The lowest BCUT2D eigenvalue weighted by Crippen LogP contribution is -2.30. The molecule has 7 heteroatoms. The number of hydrogen-bond donors (Lipinski definition) is 1. The van der Waals surface area contributed by atoms with E-state index in [9.17, 15) is 9.59 Å². The number of aromatic nitrogens is 1. The summed E-state index contributed by atoms with van der Waals surface area (Å²) in [7, 11) is 0. The lowest BCUT2D eigenvalue weighted by atomic mass is 10.2. The number of carbonyl (C=O) groups excluding carboxylic acids is 2. The van der Waals surface area contributed by atoms with E-state index in [2.05, 4.69) is 10.3 Å². The van der Waals surface area contributed by atoms with Crippen molar-refractivity contribution in [3.63, 3.8) is 0 Å². The Labute approximate surface area is 167 Å². The molecule has 0 radical (unpaired) electrons. The smallest absolute Gasteiger partial charge is 0.342 e. The third-order valence-corrected chi connectivity index (χ3v) is 3.93. The summed E-state index contributed by atoms with van der Waals surface area (Å²) in [6.45, 7) is 1.48. The van der Waals surface area contributed by atoms with Crippen molar-refractivity contribution in [3.05, 3.63) is 83.5 Å². The van der Waals surface area contributed by atoms with Crippen molar-refractivity contribution >= 4 is 29.3 Å². The maximum Gasteiger partial charge on any atom is 0.342 e. The van der Waals surface area contributed by atoms with Gasteiger partial charge in [0.05, 0.1) is 5.02 Å². The second kappa shape index (κ2) is 9.01. The molecule has 1 aromatic heterocycles. The Morgan fingerprint density at radius 3 is 2.43 bits per heavy atom. The Morgan fingerprint density at radius 2 is 1.71 bits per heavy atom. The highest BCUT2D eigenvalue weighted by molar-refractivity contribution is 6.30. The van der Waals surface area contributed by atoms with Gasteiger partial charge in [-0.05, 0) is 43.3 Å². The van der Waals surface area contributed by atoms with Gasteiger partial charge in [0.2, 0.25) is 0 Å². The summed E-state index contributed by atoms with van der Waals surface area (Å²) >= 11 is 5.76. The van der Waals surface area contributed by atoms with Crippen LogP contribution in [-0.2, 0) is 9.53 Å². The fourth-order valence-electron chi connectivity index (χ4n) is 2.29. The molecule has 3 aromatic rings. The molecule has 1 atom stereocenters. The highest BCUT2D eigenvalue weighted by atomic mass is 35.5. The molecular formula is C21H17ClN2O4. The molecule has 0 saturated heterocycles. The van der Waals surface area contributed by atoms with Crippen molar-refractivity contribution in [1.82, 2.24) is 4.98 Å². The van der Waals surface area contributed by atoms with E-state index in [-0.39, 0.29) is 5.56 Å². The summed E-state index contributed by atoms with van der Waals surface area (Å²) in [5, 5.41) is 3.01. The van der Waals surface area contributed by atoms with E-state index < -0.39 is 18.0 Å². The SMILES string of the molecule is C[C@H](OC(=O)c1ccccc1Oc1ccccc1)C(=O)Nc1ccc(Cl)cn1. The monoisotopic (exact) mass is 396 g/mol. The zero-order valence-corrected chi connectivity index (χ0v) is 15.7. The number of hydrogen-bond acceptors (Lipinski definition) is 5. The molecule has 0 aliphatic heterocycles. The van der Waals surface area contributed by atoms with E-state index in [1.54, 1.807) is 48.5 Å². The largest absolute Gasteiger partial charge is 0.456 e. The number of nitrogens with zero attached hydrogens (tertiary/aromatic N) is 1. The topological polar surface area (TPSA) is 77.5 Å². The van der Waals surface area contributed by atoms with Crippen LogP contribution < -0.4 is 10.1 Å². The van der Waals surface area contributed by atoms with E-state index in [0.717, 1.165) is 0 Å². The predicted octanol–water partition coefficient (Wildman–Crippen LogP) is 4.71. The molecule has 0 aliphatic rings. The molecule has 0 spiro atoms. The van der Waals surface area contributed by atoms with Crippen LogP contribution in [0.2, 0.25) is 5.02 Å². The molecule has 1 heterocycles. The van der Waals surface area contributed by atoms with Crippen molar-refractivity contribution in [3.8, 4) is 11.5 Å². The highest BCUT2D eigenvalue weighted by Crippen LogP contribution is 2.26. The Balaban J connectivity index is 1.67. The number of esters is 1. The van der Waals surface area contributed by atoms with Crippen LogP contribution in [-0.4, -0.2) is 23.0 Å². The van der Waals surface area contributed by atoms with Gasteiger partial charge in [-0.1, -0.05) is 41.9 Å². The summed E-state index contributed by atoms with van der Waals surface area (Å²) in [4.78, 5) is 28.8. The van der Waals surface area contributed by atoms with Crippen molar-refractivity contribution in [2.75, 3.05) is 5.32 Å². The number of halogens is 1. The van der Waals surface area contributed by atoms with Gasteiger partial charge >= 0.3 is 5.97 Å². The molecule has 1 amide bonds. The van der Waals surface area contributed by atoms with Crippen LogP contribution >= 0.6 is 11.6 Å². The van der Waals surface area contributed by atoms with Crippen molar-refractivity contribution in [2.45, 2.75) is 13.0 Å².